The number of hydrogen-bond donors (Lipinski definition) is 4. The number of aliphatic hydroxyl groups is 4. The molecule has 0 aliphatic heterocycles. The van der Waals surface area contributed by atoms with E-state index in [4.69, 9.17) is 28.4 Å². The maximum Gasteiger partial charge on any atom is 0.157 e. The summed E-state index contributed by atoms with van der Waals surface area (Å²) in [7, 11) is 7.42. The number of carbonyl (C=O) groups excluding carboxylic acids is 4. The Morgan fingerprint density at radius 1 is 0.338 bits per heavy atom. The summed E-state index contributed by atoms with van der Waals surface area (Å²) in [6.45, 7) is 33.2. The average Bonchev–Trinajstić information content (AvgIpc) is 1.69. The van der Waals surface area contributed by atoms with Gasteiger partial charge in [0.15, 0.2) is 34.6 Å². The fraction of sp³-hybridized carbons (Fsp3) is 0.856. The highest BCUT2D eigenvalue weighted by Gasteiger charge is 2.69. The normalized spacial score (nSPS) is 44.4. The van der Waals surface area contributed by atoms with Crippen LogP contribution in [0, 0.1) is 176 Å². The van der Waals surface area contributed by atoms with Crippen LogP contribution in [0.1, 0.15) is 318 Å². The summed E-state index contributed by atoms with van der Waals surface area (Å²) in [5.74, 6) is 13.7. The van der Waals surface area contributed by atoms with Crippen LogP contribution in [0.3, 0.4) is 0 Å². The van der Waals surface area contributed by atoms with Crippen LogP contribution in [0.25, 0.3) is 0 Å². The van der Waals surface area contributed by atoms with Gasteiger partial charge in [-0.05, 0) is 443 Å². The molecule has 0 spiro atoms. The first kappa shape index (κ1) is 99.4. The van der Waals surface area contributed by atoms with E-state index in [1.807, 2.05) is 137 Å². The van der Waals surface area contributed by atoms with Crippen LogP contribution in [0.2, 0.25) is 0 Å². The SMILES string of the molecule is CCOc1cnn(CC(=O)[C@H]2CC[C@H]3[C@@H]4CC[C@@H]5C[C@](C)(O)CC[C@]5(COC)[C@H]4CC[C@]23C)c1.COC[C@]12CC[C@@](C)(O)C[C@@H]1CC[C@H]1[C@@H]3CC[C@H](C(=O)Cn4cc(C)cn4)[C@@]3(C)CC[C@@H]12.COC[C@]12CC[C@@](C)(O)C[C@@H]1CC[C@H]1[C@@H]3CC[C@H](C(=O)Cn4cc(C)cn4)[C@@]3(C)CC[C@@H]12.COC[C@]12CC[C@@](C)(O)C[C@H]1CC[C@H]1[C@@H]3CC[C@H](C(=O)Cn4cc(OC(C)C)cn4)[C@@]3(C)CC[C@@H]12. The highest BCUT2D eigenvalue weighted by molar-refractivity contribution is 5.84. The molecule has 0 bridgehead atoms. The number of methoxy groups -OCH3 is 4. The molecule has 0 radical (unpaired) electrons. The first-order valence-corrected chi connectivity index (χ1v) is 53.5. The number of nitrogens with zero attached hydrogens (tertiary/aromatic N) is 8. The Bertz CT molecular complexity index is 4550. The van der Waals surface area contributed by atoms with Gasteiger partial charge in [0.25, 0.3) is 0 Å². The minimum absolute atomic E-state index is 0.0872. The third kappa shape index (κ3) is 18.6. The van der Waals surface area contributed by atoms with Crippen LogP contribution in [0.15, 0.2) is 49.6 Å². The molecule has 4 aromatic heterocycles. The number of rotatable bonds is 24. The van der Waals surface area contributed by atoms with E-state index in [9.17, 15) is 39.6 Å². The molecule has 0 saturated heterocycles. The van der Waals surface area contributed by atoms with Gasteiger partial charge in [0.2, 0.25) is 0 Å². The van der Waals surface area contributed by atoms with Crippen molar-refractivity contribution >= 4 is 23.1 Å². The second-order valence-electron chi connectivity index (χ2n) is 50.4. The monoisotopic (exact) mass is 1840 g/mol. The minimum atomic E-state index is -0.532. The van der Waals surface area contributed by atoms with E-state index < -0.39 is 22.4 Å². The Hall–Kier alpha value is -5.20. The molecule has 0 aromatic carbocycles. The summed E-state index contributed by atoms with van der Waals surface area (Å²) in [5.41, 5.74) is 1.39. The van der Waals surface area contributed by atoms with Gasteiger partial charge in [0.1, 0.15) is 0 Å². The summed E-state index contributed by atoms with van der Waals surface area (Å²) in [6.07, 6.45) is 54.4. The van der Waals surface area contributed by atoms with Gasteiger partial charge in [-0.2, -0.15) is 20.4 Å². The van der Waals surface area contributed by atoms with Crippen LogP contribution in [0.5, 0.6) is 11.5 Å². The van der Waals surface area contributed by atoms with Crippen molar-refractivity contribution in [3.63, 3.8) is 0 Å². The van der Waals surface area contributed by atoms with Crippen molar-refractivity contribution in [1.82, 2.24) is 39.1 Å². The average molecular weight is 1840 g/mol. The number of ether oxygens (including phenoxy) is 6. The number of hydrogen-bond acceptors (Lipinski definition) is 18. The lowest BCUT2D eigenvalue weighted by molar-refractivity contribution is -0.175. The molecular formula is C111H174N8O14. The van der Waals surface area contributed by atoms with Crippen molar-refractivity contribution in [2.24, 2.45) is 162 Å². The van der Waals surface area contributed by atoms with Gasteiger partial charge in [-0.1, -0.05) is 27.7 Å². The predicted octanol–water partition coefficient (Wildman–Crippen LogP) is 19.8. The van der Waals surface area contributed by atoms with E-state index >= 15 is 0 Å². The predicted molar refractivity (Wildman–Crippen MR) is 514 cm³/mol. The molecule has 16 aliphatic rings. The van der Waals surface area contributed by atoms with Crippen LogP contribution >= 0.6 is 0 Å². The molecule has 32 atom stereocenters. The van der Waals surface area contributed by atoms with Crippen LogP contribution < -0.4 is 9.47 Å². The van der Waals surface area contributed by atoms with E-state index in [1.54, 1.807) is 21.8 Å². The van der Waals surface area contributed by atoms with Gasteiger partial charge in [0.05, 0.1) is 125 Å². The van der Waals surface area contributed by atoms with E-state index in [-0.39, 0.29) is 73.1 Å². The molecule has 22 heteroatoms. The number of aromatic nitrogens is 8. The highest BCUT2D eigenvalue weighted by Crippen LogP contribution is 2.74. The molecule has 742 valence electrons. The van der Waals surface area contributed by atoms with Gasteiger partial charge in [-0.3, -0.25) is 37.9 Å². The number of aryl methyl sites for hydroxylation is 2. The molecule has 133 heavy (non-hydrogen) atoms. The van der Waals surface area contributed by atoms with Crippen LogP contribution in [0.4, 0.5) is 0 Å². The Morgan fingerprint density at radius 2 is 0.594 bits per heavy atom. The number of fused-ring (bicyclic) bond motifs is 20. The summed E-state index contributed by atoms with van der Waals surface area (Å²) in [5, 5.41) is 60.8. The molecule has 16 saturated carbocycles. The molecule has 22 nitrogen and oxygen atoms in total. The van der Waals surface area contributed by atoms with Crippen molar-refractivity contribution < 1.29 is 68.0 Å². The van der Waals surface area contributed by atoms with Gasteiger partial charge < -0.3 is 48.8 Å². The van der Waals surface area contributed by atoms with Crippen molar-refractivity contribution in [2.45, 2.75) is 376 Å². The lowest BCUT2D eigenvalue weighted by atomic mass is 9.43. The molecule has 16 fully saturated rings. The fourth-order valence-corrected chi connectivity index (χ4v) is 36.9. The van der Waals surface area contributed by atoms with Crippen LogP contribution in [-0.4, -0.2) is 173 Å². The van der Waals surface area contributed by atoms with Crippen molar-refractivity contribution in [3.05, 3.63) is 60.7 Å². The van der Waals surface area contributed by atoms with E-state index in [0.717, 1.165) is 177 Å². The number of ketones is 4. The van der Waals surface area contributed by atoms with Gasteiger partial charge >= 0.3 is 0 Å². The van der Waals surface area contributed by atoms with Gasteiger partial charge in [-0.25, -0.2) is 0 Å². The Balaban J connectivity index is 0.000000124. The molecule has 4 N–H and O–H groups in total. The molecule has 0 amide bonds. The van der Waals surface area contributed by atoms with Gasteiger partial charge in [-0.15, -0.1) is 0 Å². The smallest absolute Gasteiger partial charge is 0.157 e. The third-order valence-electron chi connectivity index (χ3n) is 42.5. The highest BCUT2D eigenvalue weighted by atomic mass is 16.5. The molecule has 20 rings (SSSR count). The van der Waals surface area contributed by atoms with E-state index in [0.29, 0.717) is 151 Å². The fourth-order valence-electron chi connectivity index (χ4n) is 36.9. The first-order chi connectivity index (χ1) is 63.2. The molecule has 16 aliphatic carbocycles. The standard InChI is InChI=1S/C29H46N2O4.C28H44N2O4.2C27H42N2O3/c1-19(2)35-21-15-30-31(16-21)17-26(32)25-9-8-23-22-7-6-20-14-27(3,33)12-13-29(20,18-34-5)24(22)10-11-28(23,25)4;1-5-34-20-15-29-30(16-20)17-25(31)24-9-8-22-21-7-6-19-14-26(2,32)12-13-28(19,18-33-4)23(21)10-11-27(22,24)3;2*1-18-14-28-29(15-18)16-24(30)23-8-7-21-20-6-5-19-13-25(2,31)11-12-27(19,17-32-4)22(20)9-10-26(21,23)3/h15-16,19-20,22-25,33H,6-14,17-18H2,1-5H3;15-16,19,21-24,32H,5-14,17-18H2,1-4H3;2*14-15,19-23,31H,5-13,16-17H2,1-4H3/t20-,22+,23+,24+,25-,27-,28+,29-;19-,21+,22+,23+,24-,26-,27+,28-;2*19-,20-,21-,22-,23+,25+,26-,27+/m1100/s1. The van der Waals surface area contributed by atoms with Crippen molar-refractivity contribution in [2.75, 3.05) is 61.5 Å². The van der Waals surface area contributed by atoms with Crippen LogP contribution in [-0.2, 0) is 64.3 Å². The molecular weight excluding hydrogens is 1670 g/mol. The second-order valence-corrected chi connectivity index (χ2v) is 50.4. The Morgan fingerprint density at radius 3 is 0.842 bits per heavy atom. The molecule has 4 aromatic rings. The Labute approximate surface area is 797 Å². The lowest BCUT2D eigenvalue weighted by Crippen LogP contribution is -2.58. The Kier molecular flexibility index (Phi) is 28.6. The topological polar surface area (TPSA) is 276 Å². The second kappa shape index (κ2) is 38.3. The summed E-state index contributed by atoms with van der Waals surface area (Å²) >= 11 is 0. The summed E-state index contributed by atoms with van der Waals surface area (Å²) in [6, 6.07) is 0. The van der Waals surface area contributed by atoms with E-state index in [2.05, 4.69) is 48.1 Å². The summed E-state index contributed by atoms with van der Waals surface area (Å²) in [4.78, 5) is 53.9. The lowest BCUT2D eigenvalue weighted by Gasteiger charge is -2.62. The maximum atomic E-state index is 13.6. The number of carbonyl (C=O) groups is 4. The minimum Gasteiger partial charge on any atom is -0.491 e. The zero-order chi connectivity index (χ0) is 94.6. The van der Waals surface area contributed by atoms with Crippen molar-refractivity contribution in [1.29, 1.82) is 0 Å². The first-order valence-electron chi connectivity index (χ1n) is 53.5. The molecule has 4 heterocycles. The molecule has 0 unspecified atom stereocenters. The zero-order valence-electron chi connectivity index (χ0n) is 85.0. The maximum absolute atomic E-state index is 13.6. The largest absolute Gasteiger partial charge is 0.491 e. The van der Waals surface area contributed by atoms with Gasteiger partial charge in [0, 0.05) is 64.5 Å². The zero-order valence-corrected chi connectivity index (χ0v) is 85.0. The summed E-state index contributed by atoms with van der Waals surface area (Å²) < 4.78 is 41.9. The third-order valence-corrected chi connectivity index (χ3v) is 42.5. The number of Topliss-reactive ketones (excluding diaryl/α,β-unsaturated/α-hetero) is 4. The van der Waals surface area contributed by atoms with E-state index in [1.165, 1.54) is 103 Å². The quantitative estimate of drug-likeness (QED) is 0.0507. The van der Waals surface area contributed by atoms with Crippen molar-refractivity contribution in [3.8, 4) is 11.5 Å².